The Hall–Kier alpha value is -0.730. The van der Waals surface area contributed by atoms with Crippen LogP contribution in [0.5, 0.6) is 0 Å². The van der Waals surface area contributed by atoms with E-state index >= 15 is 0 Å². The number of ether oxygens (including phenoxy) is 1. The zero-order valence-electron chi connectivity index (χ0n) is 7.55. The van der Waals surface area contributed by atoms with E-state index in [2.05, 4.69) is 4.74 Å². The average Bonchev–Trinajstić information content (AvgIpc) is 1.86. The highest BCUT2D eigenvalue weighted by molar-refractivity contribution is 5.57. The fourth-order valence-corrected chi connectivity index (χ4v) is 0.598. The number of hydrogen-bond acceptors (Lipinski definition) is 2. The lowest BCUT2D eigenvalue weighted by Gasteiger charge is -2.28. The van der Waals surface area contributed by atoms with Gasteiger partial charge in [-0.15, -0.1) is 0 Å². The molecule has 0 bridgehead atoms. The molecule has 0 rings (SSSR count). The molecule has 0 aliphatic carbocycles. The summed E-state index contributed by atoms with van der Waals surface area (Å²) >= 11 is 0. The number of carboxylic acid groups (broad SMARTS) is 1. The molecule has 0 aliphatic rings. The number of hydrogen-bond donors (Lipinski definition) is 1. The molecule has 1 unspecified atom stereocenters. The van der Waals surface area contributed by atoms with Crippen LogP contribution in [0.25, 0.3) is 0 Å². The summed E-state index contributed by atoms with van der Waals surface area (Å²) in [5, 5.41) is 8.32. The van der Waals surface area contributed by atoms with Gasteiger partial charge >= 0.3 is 6.16 Å². The van der Waals surface area contributed by atoms with Gasteiger partial charge < -0.3 is 9.84 Å². The largest absolute Gasteiger partial charge is 0.506 e. The molecule has 11 heavy (non-hydrogen) atoms. The van der Waals surface area contributed by atoms with E-state index in [0.29, 0.717) is 0 Å². The van der Waals surface area contributed by atoms with Crippen LogP contribution >= 0.6 is 0 Å². The summed E-state index contributed by atoms with van der Waals surface area (Å²) in [4.78, 5) is 10.2. The zero-order valence-corrected chi connectivity index (χ0v) is 7.55. The second kappa shape index (κ2) is 3.60. The SMILES string of the molecule is CCC(C)(C)C(C)OC(=O)O. The van der Waals surface area contributed by atoms with Gasteiger partial charge in [-0.2, -0.15) is 0 Å². The summed E-state index contributed by atoms with van der Waals surface area (Å²) in [7, 11) is 0. The van der Waals surface area contributed by atoms with Crippen molar-refractivity contribution in [3.63, 3.8) is 0 Å². The van der Waals surface area contributed by atoms with Crippen molar-refractivity contribution in [3.8, 4) is 0 Å². The molecule has 66 valence electrons. The summed E-state index contributed by atoms with van der Waals surface area (Å²) in [6.45, 7) is 7.76. The van der Waals surface area contributed by atoms with Crippen LogP contribution in [0.15, 0.2) is 0 Å². The van der Waals surface area contributed by atoms with Crippen molar-refractivity contribution in [3.05, 3.63) is 0 Å². The van der Waals surface area contributed by atoms with Crippen molar-refractivity contribution in [2.24, 2.45) is 5.41 Å². The van der Waals surface area contributed by atoms with Gasteiger partial charge in [-0.25, -0.2) is 4.79 Å². The second-order valence-corrected chi connectivity index (χ2v) is 3.37. The lowest BCUT2D eigenvalue weighted by molar-refractivity contribution is 0.00308. The third kappa shape index (κ3) is 3.25. The highest BCUT2D eigenvalue weighted by Crippen LogP contribution is 2.26. The first-order valence-electron chi connectivity index (χ1n) is 3.79. The average molecular weight is 160 g/mol. The van der Waals surface area contributed by atoms with Gasteiger partial charge in [0.15, 0.2) is 0 Å². The Morgan fingerprint density at radius 3 is 2.36 bits per heavy atom. The van der Waals surface area contributed by atoms with E-state index in [-0.39, 0.29) is 11.5 Å². The molecule has 0 heterocycles. The Morgan fingerprint density at radius 1 is 1.64 bits per heavy atom. The van der Waals surface area contributed by atoms with Gasteiger partial charge in [0.05, 0.1) is 0 Å². The molecule has 3 heteroatoms. The minimum absolute atomic E-state index is 0.0710. The van der Waals surface area contributed by atoms with Crippen molar-refractivity contribution in [2.45, 2.75) is 40.2 Å². The van der Waals surface area contributed by atoms with Crippen LogP contribution in [-0.4, -0.2) is 17.4 Å². The van der Waals surface area contributed by atoms with E-state index in [1.807, 2.05) is 20.8 Å². The van der Waals surface area contributed by atoms with Gasteiger partial charge in [-0.1, -0.05) is 20.8 Å². The van der Waals surface area contributed by atoms with Crippen molar-refractivity contribution < 1.29 is 14.6 Å². The smallest absolute Gasteiger partial charge is 0.450 e. The topological polar surface area (TPSA) is 46.5 Å². The maximum atomic E-state index is 10.2. The van der Waals surface area contributed by atoms with Crippen molar-refractivity contribution in [1.29, 1.82) is 0 Å². The van der Waals surface area contributed by atoms with Gasteiger partial charge in [0.25, 0.3) is 0 Å². The van der Waals surface area contributed by atoms with Crippen LogP contribution in [0, 0.1) is 5.41 Å². The molecule has 0 aliphatic heterocycles. The molecular weight excluding hydrogens is 144 g/mol. The normalized spacial score (nSPS) is 14.2. The lowest BCUT2D eigenvalue weighted by Crippen LogP contribution is -2.30. The lowest BCUT2D eigenvalue weighted by atomic mass is 9.85. The molecule has 0 radical (unpaired) electrons. The second-order valence-electron chi connectivity index (χ2n) is 3.37. The highest BCUT2D eigenvalue weighted by Gasteiger charge is 2.26. The van der Waals surface area contributed by atoms with Gasteiger partial charge in [0.1, 0.15) is 6.10 Å². The first-order valence-corrected chi connectivity index (χ1v) is 3.79. The first kappa shape index (κ1) is 10.3. The van der Waals surface area contributed by atoms with E-state index in [4.69, 9.17) is 5.11 Å². The van der Waals surface area contributed by atoms with Crippen LogP contribution in [0.2, 0.25) is 0 Å². The monoisotopic (exact) mass is 160 g/mol. The zero-order chi connectivity index (χ0) is 9.07. The Bertz CT molecular complexity index is 140. The van der Waals surface area contributed by atoms with Crippen LogP contribution in [0.3, 0.4) is 0 Å². The molecule has 0 spiro atoms. The molecule has 0 aromatic heterocycles. The minimum Gasteiger partial charge on any atom is -0.450 e. The van der Waals surface area contributed by atoms with E-state index < -0.39 is 6.16 Å². The van der Waals surface area contributed by atoms with Crippen LogP contribution in [-0.2, 0) is 4.74 Å². The summed E-state index contributed by atoms with van der Waals surface area (Å²) < 4.78 is 4.62. The summed E-state index contributed by atoms with van der Waals surface area (Å²) in [5.74, 6) is 0. The summed E-state index contributed by atoms with van der Waals surface area (Å²) in [6.07, 6.45) is -0.537. The molecule has 0 aromatic carbocycles. The van der Waals surface area contributed by atoms with E-state index in [0.717, 1.165) is 6.42 Å². The molecule has 0 saturated heterocycles. The molecule has 0 aromatic rings. The number of carbonyl (C=O) groups is 1. The van der Waals surface area contributed by atoms with E-state index in [9.17, 15) is 4.79 Å². The Kier molecular flexibility index (Phi) is 3.36. The van der Waals surface area contributed by atoms with E-state index in [1.54, 1.807) is 6.92 Å². The standard InChI is InChI=1S/C8H16O3/c1-5-8(3,4)6(2)11-7(9)10/h6H,5H2,1-4H3,(H,9,10). The van der Waals surface area contributed by atoms with Gasteiger partial charge in [0.2, 0.25) is 0 Å². The van der Waals surface area contributed by atoms with Gasteiger partial charge in [-0.05, 0) is 13.3 Å². The first-order chi connectivity index (χ1) is 4.90. The summed E-state index contributed by atoms with van der Waals surface area (Å²) in [5.41, 5.74) is -0.0710. The third-order valence-corrected chi connectivity index (χ3v) is 2.29. The van der Waals surface area contributed by atoms with Crippen LogP contribution < -0.4 is 0 Å². The quantitative estimate of drug-likeness (QED) is 0.645. The number of rotatable bonds is 3. The Labute approximate surface area is 67.4 Å². The molecule has 0 amide bonds. The van der Waals surface area contributed by atoms with Crippen molar-refractivity contribution in [2.75, 3.05) is 0 Å². The van der Waals surface area contributed by atoms with E-state index in [1.165, 1.54) is 0 Å². The fourth-order valence-electron chi connectivity index (χ4n) is 0.598. The molecule has 0 fully saturated rings. The Morgan fingerprint density at radius 2 is 2.09 bits per heavy atom. The molecule has 1 atom stereocenters. The molecule has 1 N–H and O–H groups in total. The minimum atomic E-state index is -1.20. The molecular formula is C8H16O3. The fraction of sp³-hybridized carbons (Fsp3) is 0.875. The maximum Gasteiger partial charge on any atom is 0.506 e. The van der Waals surface area contributed by atoms with Crippen molar-refractivity contribution in [1.82, 2.24) is 0 Å². The molecule has 3 nitrogen and oxygen atoms in total. The maximum absolute atomic E-state index is 10.2. The predicted octanol–water partition coefficient (Wildman–Crippen LogP) is 2.51. The van der Waals surface area contributed by atoms with Crippen molar-refractivity contribution >= 4 is 6.16 Å². The predicted molar refractivity (Wildman–Crippen MR) is 42.6 cm³/mol. The molecule has 0 saturated carbocycles. The highest BCUT2D eigenvalue weighted by atomic mass is 16.7. The third-order valence-electron chi connectivity index (χ3n) is 2.29. The van der Waals surface area contributed by atoms with Crippen LogP contribution in [0.1, 0.15) is 34.1 Å². The Balaban J connectivity index is 4.01. The van der Waals surface area contributed by atoms with Gasteiger partial charge in [0, 0.05) is 5.41 Å². The summed E-state index contributed by atoms with van der Waals surface area (Å²) in [6, 6.07) is 0. The van der Waals surface area contributed by atoms with Gasteiger partial charge in [-0.3, -0.25) is 0 Å². The van der Waals surface area contributed by atoms with Crippen LogP contribution in [0.4, 0.5) is 4.79 Å².